The SMILES string of the molecule is CN=C(NCC(C)c1c(C)noc1C)NC1CCc2cn(C(C)C)nc2C1.I. The second-order valence-electron chi connectivity index (χ2n) is 7.85. The summed E-state index contributed by atoms with van der Waals surface area (Å²) in [5.41, 5.74) is 4.74. The number of halogens is 1. The van der Waals surface area contributed by atoms with E-state index in [1.807, 2.05) is 20.9 Å². The molecule has 2 N–H and O–H groups in total. The van der Waals surface area contributed by atoms with Crippen LogP contribution < -0.4 is 10.6 Å². The summed E-state index contributed by atoms with van der Waals surface area (Å²) < 4.78 is 7.37. The second kappa shape index (κ2) is 9.76. The molecule has 7 nitrogen and oxygen atoms in total. The number of aliphatic imine (C=N–C) groups is 1. The molecule has 0 spiro atoms. The molecule has 0 radical (unpaired) electrons. The predicted octanol–water partition coefficient (Wildman–Crippen LogP) is 3.51. The highest BCUT2D eigenvalue weighted by atomic mass is 127. The van der Waals surface area contributed by atoms with Gasteiger partial charge < -0.3 is 15.2 Å². The van der Waals surface area contributed by atoms with Crippen LogP contribution in [0.25, 0.3) is 0 Å². The highest BCUT2D eigenvalue weighted by Gasteiger charge is 2.23. The number of guanidine groups is 1. The number of nitrogens with zero attached hydrogens (tertiary/aromatic N) is 4. The molecule has 0 fully saturated rings. The van der Waals surface area contributed by atoms with Crippen molar-refractivity contribution in [2.24, 2.45) is 4.99 Å². The quantitative estimate of drug-likeness (QED) is 0.373. The van der Waals surface area contributed by atoms with E-state index in [0.29, 0.717) is 18.0 Å². The Morgan fingerprint density at radius 2 is 2.11 bits per heavy atom. The van der Waals surface area contributed by atoms with Gasteiger partial charge in [0, 0.05) is 49.8 Å². The number of hydrogen-bond donors (Lipinski definition) is 2. The van der Waals surface area contributed by atoms with E-state index >= 15 is 0 Å². The summed E-state index contributed by atoms with van der Waals surface area (Å²) in [7, 11) is 1.82. The zero-order valence-corrected chi connectivity index (χ0v) is 20.1. The summed E-state index contributed by atoms with van der Waals surface area (Å²) in [4.78, 5) is 4.40. The maximum Gasteiger partial charge on any atom is 0.191 e. The van der Waals surface area contributed by atoms with Gasteiger partial charge in [-0.2, -0.15) is 5.10 Å². The van der Waals surface area contributed by atoms with E-state index < -0.39 is 0 Å². The summed E-state index contributed by atoms with van der Waals surface area (Å²) in [6.45, 7) is 11.3. The number of aryl methyl sites for hydroxylation is 3. The predicted molar refractivity (Wildman–Crippen MR) is 123 cm³/mol. The lowest BCUT2D eigenvalue weighted by molar-refractivity contribution is 0.391. The second-order valence-corrected chi connectivity index (χ2v) is 7.85. The smallest absolute Gasteiger partial charge is 0.191 e. The van der Waals surface area contributed by atoms with E-state index in [1.165, 1.54) is 16.8 Å². The molecule has 0 saturated carbocycles. The normalized spacial score (nSPS) is 17.8. The van der Waals surface area contributed by atoms with Crippen molar-refractivity contribution in [2.45, 2.75) is 71.9 Å². The lowest BCUT2D eigenvalue weighted by Crippen LogP contribution is -2.46. The van der Waals surface area contributed by atoms with Gasteiger partial charge in [-0.3, -0.25) is 9.67 Å². The molecular weight excluding hydrogens is 467 g/mol. The topological polar surface area (TPSA) is 80.3 Å². The van der Waals surface area contributed by atoms with Crippen LogP contribution in [-0.2, 0) is 12.8 Å². The summed E-state index contributed by atoms with van der Waals surface area (Å²) in [5.74, 6) is 2.03. The average Bonchev–Trinajstić information content (AvgIpc) is 3.21. The minimum atomic E-state index is 0. The third-order valence-corrected chi connectivity index (χ3v) is 5.35. The van der Waals surface area contributed by atoms with Gasteiger partial charge in [0.05, 0.1) is 11.4 Å². The average molecular weight is 500 g/mol. The number of rotatable bonds is 5. The third kappa shape index (κ3) is 5.07. The number of hydrogen-bond acceptors (Lipinski definition) is 4. The Labute approximate surface area is 184 Å². The molecule has 28 heavy (non-hydrogen) atoms. The van der Waals surface area contributed by atoms with E-state index in [1.54, 1.807) is 0 Å². The summed E-state index contributed by atoms with van der Waals surface area (Å²) in [6.07, 6.45) is 5.30. The summed E-state index contributed by atoms with van der Waals surface area (Å²) >= 11 is 0. The molecule has 0 aliphatic heterocycles. The van der Waals surface area contributed by atoms with E-state index in [2.05, 4.69) is 52.4 Å². The molecule has 0 bridgehead atoms. The third-order valence-electron chi connectivity index (χ3n) is 5.35. The highest BCUT2D eigenvalue weighted by Crippen LogP contribution is 2.23. The molecule has 2 unspecified atom stereocenters. The monoisotopic (exact) mass is 500 g/mol. The van der Waals surface area contributed by atoms with Crippen LogP contribution in [0.3, 0.4) is 0 Å². The fourth-order valence-corrected chi connectivity index (χ4v) is 3.83. The maximum absolute atomic E-state index is 5.29. The minimum Gasteiger partial charge on any atom is -0.361 e. The lowest BCUT2D eigenvalue weighted by atomic mass is 9.94. The molecule has 156 valence electrons. The van der Waals surface area contributed by atoms with Crippen molar-refractivity contribution >= 4 is 29.9 Å². The first-order valence-electron chi connectivity index (χ1n) is 9.85. The van der Waals surface area contributed by atoms with Gasteiger partial charge in [-0.1, -0.05) is 12.1 Å². The van der Waals surface area contributed by atoms with Crippen LogP contribution >= 0.6 is 24.0 Å². The fourth-order valence-electron chi connectivity index (χ4n) is 3.83. The van der Waals surface area contributed by atoms with Crippen LogP contribution in [0, 0.1) is 13.8 Å². The Kier molecular flexibility index (Phi) is 7.91. The van der Waals surface area contributed by atoms with Crippen LogP contribution in [0.5, 0.6) is 0 Å². The Morgan fingerprint density at radius 3 is 2.71 bits per heavy atom. The van der Waals surface area contributed by atoms with Gasteiger partial charge in [0.25, 0.3) is 0 Å². The van der Waals surface area contributed by atoms with E-state index in [0.717, 1.165) is 43.2 Å². The largest absolute Gasteiger partial charge is 0.361 e. The Hall–Kier alpha value is -1.58. The van der Waals surface area contributed by atoms with Gasteiger partial charge in [0.2, 0.25) is 0 Å². The Morgan fingerprint density at radius 1 is 1.36 bits per heavy atom. The highest BCUT2D eigenvalue weighted by molar-refractivity contribution is 14.0. The van der Waals surface area contributed by atoms with Crippen molar-refractivity contribution < 1.29 is 4.52 Å². The first kappa shape index (κ1) is 22.7. The van der Waals surface area contributed by atoms with Crippen LogP contribution in [0.4, 0.5) is 0 Å². The van der Waals surface area contributed by atoms with E-state index in [-0.39, 0.29) is 24.0 Å². The molecule has 8 heteroatoms. The van der Waals surface area contributed by atoms with Gasteiger partial charge in [-0.25, -0.2) is 0 Å². The minimum absolute atomic E-state index is 0. The molecule has 1 aliphatic carbocycles. The Balaban J connectivity index is 0.00000280. The van der Waals surface area contributed by atoms with Crippen LogP contribution in [0.1, 0.15) is 67.4 Å². The fraction of sp³-hybridized carbons (Fsp3) is 0.650. The van der Waals surface area contributed by atoms with Crippen molar-refractivity contribution in [1.82, 2.24) is 25.6 Å². The van der Waals surface area contributed by atoms with Crippen molar-refractivity contribution in [3.05, 3.63) is 34.5 Å². The molecule has 3 rings (SSSR count). The van der Waals surface area contributed by atoms with Crippen molar-refractivity contribution in [3.63, 3.8) is 0 Å². The maximum atomic E-state index is 5.29. The van der Waals surface area contributed by atoms with Crippen molar-refractivity contribution in [3.8, 4) is 0 Å². The molecule has 2 heterocycles. The molecule has 2 atom stereocenters. The molecule has 1 aliphatic rings. The Bertz CT molecular complexity index is 790. The van der Waals surface area contributed by atoms with Crippen LogP contribution in [0.2, 0.25) is 0 Å². The van der Waals surface area contributed by atoms with Crippen molar-refractivity contribution in [2.75, 3.05) is 13.6 Å². The lowest BCUT2D eigenvalue weighted by Gasteiger charge is -2.25. The molecule has 2 aromatic heterocycles. The first-order valence-corrected chi connectivity index (χ1v) is 9.85. The van der Waals surface area contributed by atoms with E-state index in [4.69, 9.17) is 9.62 Å². The molecule has 0 saturated heterocycles. The number of fused-ring (bicyclic) bond motifs is 1. The van der Waals surface area contributed by atoms with Gasteiger partial charge in [0.15, 0.2) is 5.96 Å². The van der Waals surface area contributed by atoms with Gasteiger partial charge in [-0.15, -0.1) is 24.0 Å². The van der Waals surface area contributed by atoms with Gasteiger partial charge in [-0.05, 0) is 46.1 Å². The molecule has 0 aromatic carbocycles. The standard InChI is InChI=1S/C20H32N6O.HI/c1-12(2)26-11-16-7-8-17(9-18(16)24-26)23-20(21-6)22-10-13(3)19-14(4)25-27-15(19)5;/h11-13,17H,7-10H2,1-6H3,(H2,21,22,23);1H. The zero-order valence-electron chi connectivity index (χ0n) is 17.7. The number of aromatic nitrogens is 3. The zero-order chi connectivity index (χ0) is 19.6. The summed E-state index contributed by atoms with van der Waals surface area (Å²) in [5, 5.41) is 15.8. The molecular formula is C20H33IN6O. The van der Waals surface area contributed by atoms with Crippen LogP contribution in [0.15, 0.2) is 15.7 Å². The first-order chi connectivity index (χ1) is 12.9. The molecule has 2 aromatic rings. The van der Waals surface area contributed by atoms with Crippen molar-refractivity contribution in [1.29, 1.82) is 0 Å². The summed E-state index contributed by atoms with van der Waals surface area (Å²) in [6, 6.07) is 0.760. The number of nitrogens with one attached hydrogen (secondary N) is 2. The van der Waals surface area contributed by atoms with Gasteiger partial charge in [0.1, 0.15) is 5.76 Å². The van der Waals surface area contributed by atoms with Gasteiger partial charge >= 0.3 is 0 Å². The van der Waals surface area contributed by atoms with E-state index in [9.17, 15) is 0 Å². The van der Waals surface area contributed by atoms with Crippen LogP contribution in [-0.4, -0.2) is 40.5 Å². The molecule has 0 amide bonds.